The first-order valence-electron chi connectivity index (χ1n) is 11.0. The van der Waals surface area contributed by atoms with Crippen molar-refractivity contribution in [1.29, 1.82) is 0 Å². The SMILES string of the molecule is COCO[C@@]1(Cc2cc(OCCC(C)(C)C)c(C)cn2)C(=O)N(COC)[C@H]1CC(C)C. The van der Waals surface area contributed by atoms with Gasteiger partial charge < -0.3 is 23.8 Å². The van der Waals surface area contributed by atoms with Gasteiger partial charge in [-0.25, -0.2) is 0 Å². The number of ether oxygens (including phenoxy) is 4. The molecule has 1 saturated heterocycles. The summed E-state index contributed by atoms with van der Waals surface area (Å²) in [5.41, 5.74) is 0.939. The summed E-state index contributed by atoms with van der Waals surface area (Å²) in [6.45, 7) is 13.8. The summed E-state index contributed by atoms with van der Waals surface area (Å²) >= 11 is 0. The van der Waals surface area contributed by atoms with Crippen molar-refractivity contribution in [1.82, 2.24) is 9.88 Å². The zero-order chi connectivity index (χ0) is 23.2. The number of likely N-dealkylation sites (tertiary alicyclic amines) is 1. The molecule has 0 N–H and O–H groups in total. The van der Waals surface area contributed by atoms with Crippen LogP contribution in [0.4, 0.5) is 0 Å². The zero-order valence-corrected chi connectivity index (χ0v) is 20.5. The van der Waals surface area contributed by atoms with E-state index in [0.717, 1.165) is 29.8 Å². The van der Waals surface area contributed by atoms with Gasteiger partial charge in [-0.3, -0.25) is 9.78 Å². The van der Waals surface area contributed by atoms with Crippen LogP contribution in [0.15, 0.2) is 12.3 Å². The Morgan fingerprint density at radius 2 is 1.94 bits per heavy atom. The largest absolute Gasteiger partial charge is 0.493 e. The molecule has 1 aliphatic rings. The number of carbonyl (C=O) groups is 1. The van der Waals surface area contributed by atoms with Gasteiger partial charge in [-0.05, 0) is 31.1 Å². The zero-order valence-electron chi connectivity index (χ0n) is 20.5. The number of pyridine rings is 1. The summed E-state index contributed by atoms with van der Waals surface area (Å²) in [5, 5.41) is 0. The molecule has 7 heteroatoms. The second-order valence-corrected chi connectivity index (χ2v) is 10.1. The van der Waals surface area contributed by atoms with Crippen LogP contribution in [0.5, 0.6) is 5.75 Å². The van der Waals surface area contributed by atoms with Gasteiger partial charge in [-0.1, -0.05) is 34.6 Å². The molecule has 1 aromatic rings. The lowest BCUT2D eigenvalue weighted by atomic mass is 9.75. The molecule has 1 fully saturated rings. The Labute approximate surface area is 187 Å². The average molecular weight is 437 g/mol. The molecule has 0 spiro atoms. The number of β-lactam (4-membered cyclic amide) rings is 1. The lowest BCUT2D eigenvalue weighted by Gasteiger charge is -2.55. The molecule has 0 aliphatic carbocycles. The smallest absolute Gasteiger partial charge is 0.259 e. The van der Waals surface area contributed by atoms with E-state index in [1.807, 2.05) is 13.0 Å². The number of hydrogen-bond acceptors (Lipinski definition) is 6. The van der Waals surface area contributed by atoms with Crippen LogP contribution in [0.3, 0.4) is 0 Å². The Morgan fingerprint density at radius 3 is 2.52 bits per heavy atom. The van der Waals surface area contributed by atoms with Crippen molar-refractivity contribution in [2.45, 2.75) is 72.4 Å². The fourth-order valence-electron chi connectivity index (χ4n) is 3.87. The number of methoxy groups -OCH3 is 2. The van der Waals surface area contributed by atoms with E-state index in [1.54, 1.807) is 25.3 Å². The van der Waals surface area contributed by atoms with Crippen LogP contribution in [-0.2, 0) is 25.4 Å². The third-order valence-electron chi connectivity index (χ3n) is 5.60. The van der Waals surface area contributed by atoms with Crippen molar-refractivity contribution < 1.29 is 23.7 Å². The maximum atomic E-state index is 13.2. The summed E-state index contributed by atoms with van der Waals surface area (Å²) in [6, 6.07) is 1.83. The summed E-state index contributed by atoms with van der Waals surface area (Å²) in [5.74, 6) is 1.11. The Morgan fingerprint density at radius 1 is 1.23 bits per heavy atom. The minimum Gasteiger partial charge on any atom is -0.493 e. The predicted octanol–water partition coefficient (Wildman–Crippen LogP) is 3.97. The van der Waals surface area contributed by atoms with Crippen LogP contribution in [0.25, 0.3) is 0 Å². The maximum absolute atomic E-state index is 13.2. The van der Waals surface area contributed by atoms with E-state index in [1.165, 1.54) is 0 Å². The van der Waals surface area contributed by atoms with Gasteiger partial charge in [0.1, 0.15) is 19.3 Å². The van der Waals surface area contributed by atoms with E-state index < -0.39 is 5.60 Å². The molecule has 0 aromatic carbocycles. The van der Waals surface area contributed by atoms with Crippen molar-refractivity contribution in [3.8, 4) is 5.75 Å². The topological polar surface area (TPSA) is 70.1 Å². The molecule has 1 amide bonds. The van der Waals surface area contributed by atoms with Crippen molar-refractivity contribution in [2.75, 3.05) is 34.4 Å². The molecular weight excluding hydrogens is 396 g/mol. The molecule has 0 radical (unpaired) electrons. The van der Waals surface area contributed by atoms with Gasteiger partial charge in [0.05, 0.1) is 12.6 Å². The van der Waals surface area contributed by atoms with Crippen LogP contribution in [0, 0.1) is 18.3 Å². The molecule has 0 bridgehead atoms. The molecule has 1 aliphatic heterocycles. The lowest BCUT2D eigenvalue weighted by molar-refractivity contribution is -0.235. The molecule has 0 saturated carbocycles. The number of carbonyl (C=O) groups excluding carboxylic acids is 1. The Hall–Kier alpha value is -1.70. The Bertz CT molecular complexity index is 731. The van der Waals surface area contributed by atoms with Crippen LogP contribution in [0.1, 0.15) is 58.7 Å². The highest BCUT2D eigenvalue weighted by Gasteiger charge is 2.62. The van der Waals surface area contributed by atoms with Gasteiger partial charge in [-0.15, -0.1) is 0 Å². The molecule has 7 nitrogen and oxygen atoms in total. The fraction of sp³-hybridized carbons (Fsp3) is 0.750. The second kappa shape index (κ2) is 10.7. The highest BCUT2D eigenvalue weighted by molar-refractivity contribution is 5.93. The molecule has 2 rings (SSSR count). The van der Waals surface area contributed by atoms with Gasteiger partial charge in [0, 0.05) is 44.2 Å². The van der Waals surface area contributed by atoms with E-state index in [0.29, 0.717) is 18.9 Å². The van der Waals surface area contributed by atoms with Crippen LogP contribution in [0.2, 0.25) is 0 Å². The number of amides is 1. The molecule has 1 aromatic heterocycles. The third-order valence-corrected chi connectivity index (χ3v) is 5.60. The van der Waals surface area contributed by atoms with E-state index in [4.69, 9.17) is 18.9 Å². The summed E-state index contributed by atoms with van der Waals surface area (Å²) in [4.78, 5) is 19.5. The maximum Gasteiger partial charge on any atom is 0.259 e. The third kappa shape index (κ3) is 6.40. The number of aryl methyl sites for hydroxylation is 1. The standard InChI is InChI=1S/C24H40N2O5/c1-17(2)11-21-24(31-16-29-8,22(27)26(21)15-28-7)13-19-12-20(18(3)14-25-19)30-10-9-23(4,5)6/h12,14,17,21H,9-11,13,15-16H2,1-8H3/t21-,24+/m0/s1. The molecule has 0 unspecified atom stereocenters. The van der Waals surface area contributed by atoms with Gasteiger partial charge >= 0.3 is 0 Å². The van der Waals surface area contributed by atoms with Crippen LogP contribution >= 0.6 is 0 Å². The second-order valence-electron chi connectivity index (χ2n) is 10.1. The predicted molar refractivity (Wildman–Crippen MR) is 120 cm³/mol. The van der Waals surface area contributed by atoms with Crippen molar-refractivity contribution in [3.63, 3.8) is 0 Å². The van der Waals surface area contributed by atoms with Crippen molar-refractivity contribution >= 4 is 5.91 Å². The average Bonchev–Trinajstić information content (AvgIpc) is 2.69. The first-order chi connectivity index (χ1) is 14.5. The first kappa shape index (κ1) is 25.6. The minimum absolute atomic E-state index is 0.0436. The fourth-order valence-corrected chi connectivity index (χ4v) is 3.87. The Balaban J connectivity index is 2.27. The number of hydrogen-bond donors (Lipinski definition) is 0. The number of nitrogens with zero attached hydrogens (tertiary/aromatic N) is 2. The highest BCUT2D eigenvalue weighted by atomic mass is 16.7. The van der Waals surface area contributed by atoms with Crippen LogP contribution in [-0.4, -0.2) is 61.8 Å². The van der Waals surface area contributed by atoms with Gasteiger partial charge in [0.25, 0.3) is 5.91 Å². The monoisotopic (exact) mass is 436 g/mol. The number of rotatable bonds is 12. The molecule has 2 heterocycles. The normalized spacial score (nSPS) is 21.5. The van der Waals surface area contributed by atoms with E-state index in [2.05, 4.69) is 39.6 Å². The number of aromatic nitrogens is 1. The Kier molecular flexibility index (Phi) is 8.86. The van der Waals surface area contributed by atoms with E-state index in [-0.39, 0.29) is 30.9 Å². The summed E-state index contributed by atoms with van der Waals surface area (Å²) < 4.78 is 22.6. The minimum atomic E-state index is -1.01. The van der Waals surface area contributed by atoms with Gasteiger partial charge in [0.2, 0.25) is 0 Å². The molecule has 2 atom stereocenters. The quantitative estimate of drug-likeness (QED) is 0.365. The molecular formula is C24H40N2O5. The van der Waals surface area contributed by atoms with Gasteiger partial charge in [0.15, 0.2) is 5.60 Å². The van der Waals surface area contributed by atoms with E-state index >= 15 is 0 Å². The summed E-state index contributed by atoms with van der Waals surface area (Å²) in [6.07, 6.45) is 3.92. The van der Waals surface area contributed by atoms with Crippen molar-refractivity contribution in [3.05, 3.63) is 23.5 Å². The van der Waals surface area contributed by atoms with Crippen LogP contribution < -0.4 is 4.74 Å². The highest BCUT2D eigenvalue weighted by Crippen LogP contribution is 2.41. The summed E-state index contributed by atoms with van der Waals surface area (Å²) in [7, 11) is 3.16. The van der Waals surface area contributed by atoms with Crippen molar-refractivity contribution in [2.24, 2.45) is 11.3 Å². The lowest BCUT2D eigenvalue weighted by Crippen LogP contribution is -2.76. The first-order valence-corrected chi connectivity index (χ1v) is 11.0. The molecule has 31 heavy (non-hydrogen) atoms. The van der Waals surface area contributed by atoms with E-state index in [9.17, 15) is 4.79 Å². The van der Waals surface area contributed by atoms with Gasteiger partial charge in [-0.2, -0.15) is 0 Å². The molecule has 176 valence electrons.